The zero-order valence-electron chi connectivity index (χ0n) is 22.0. The van der Waals surface area contributed by atoms with Crippen molar-refractivity contribution in [2.75, 3.05) is 18.1 Å². The van der Waals surface area contributed by atoms with Crippen molar-refractivity contribution in [2.45, 2.75) is 33.3 Å². The second kappa shape index (κ2) is 13.4. The zero-order valence-corrected chi connectivity index (χ0v) is 23.6. The summed E-state index contributed by atoms with van der Waals surface area (Å²) in [5.74, 6) is -0.336. The number of rotatable bonds is 11. The van der Waals surface area contributed by atoms with Crippen molar-refractivity contribution in [1.82, 2.24) is 5.32 Å². The van der Waals surface area contributed by atoms with Crippen LogP contribution in [0, 0.1) is 0 Å². The van der Waals surface area contributed by atoms with Crippen LogP contribution in [0.5, 0.6) is 17.2 Å². The number of amides is 4. The molecule has 0 aromatic heterocycles. The van der Waals surface area contributed by atoms with E-state index in [9.17, 15) is 14.4 Å². The fourth-order valence-corrected chi connectivity index (χ4v) is 4.43. The second-order valence-electron chi connectivity index (χ2n) is 8.84. The van der Waals surface area contributed by atoms with Crippen LogP contribution in [0.25, 0.3) is 6.08 Å². The topological polar surface area (TPSA) is 94.2 Å². The Morgan fingerprint density at radius 3 is 2.40 bits per heavy atom. The van der Waals surface area contributed by atoms with E-state index in [-0.39, 0.29) is 17.2 Å². The van der Waals surface area contributed by atoms with Crippen LogP contribution in [-0.2, 0) is 16.2 Å². The van der Waals surface area contributed by atoms with Gasteiger partial charge < -0.3 is 14.2 Å². The molecule has 0 spiro atoms. The molecule has 3 aromatic carbocycles. The molecule has 1 saturated heterocycles. The van der Waals surface area contributed by atoms with E-state index in [1.807, 2.05) is 19.1 Å². The Hall–Kier alpha value is -4.01. The van der Waals surface area contributed by atoms with Gasteiger partial charge in [-0.3, -0.25) is 14.9 Å². The summed E-state index contributed by atoms with van der Waals surface area (Å²) in [4.78, 5) is 39.5. The van der Waals surface area contributed by atoms with Crippen molar-refractivity contribution >= 4 is 52.8 Å². The first-order chi connectivity index (χ1) is 19.3. The molecule has 0 bridgehead atoms. The molecule has 40 heavy (non-hydrogen) atoms. The van der Waals surface area contributed by atoms with Crippen LogP contribution < -0.4 is 24.4 Å². The highest BCUT2D eigenvalue weighted by Crippen LogP contribution is 2.38. The van der Waals surface area contributed by atoms with E-state index >= 15 is 0 Å². The predicted molar refractivity (Wildman–Crippen MR) is 154 cm³/mol. The minimum absolute atomic E-state index is 0.196. The molecule has 0 atom stereocenters. The van der Waals surface area contributed by atoms with Crippen molar-refractivity contribution in [3.8, 4) is 17.2 Å². The Labute approximate surface area is 242 Å². The van der Waals surface area contributed by atoms with Crippen LogP contribution in [0.3, 0.4) is 0 Å². The summed E-state index contributed by atoms with van der Waals surface area (Å²) in [5, 5.41) is 3.02. The molecule has 1 aliphatic heterocycles. The third-order valence-electron chi connectivity index (χ3n) is 5.88. The van der Waals surface area contributed by atoms with Gasteiger partial charge in [-0.2, -0.15) is 0 Å². The monoisotopic (exact) mass is 582 g/mol. The maximum absolute atomic E-state index is 13.3. The molecule has 1 heterocycles. The summed E-state index contributed by atoms with van der Waals surface area (Å²) in [7, 11) is 0. The number of ether oxygens (including phenoxy) is 3. The fourth-order valence-electron chi connectivity index (χ4n) is 3.94. The lowest BCUT2D eigenvalue weighted by molar-refractivity contribution is -0.122. The van der Waals surface area contributed by atoms with Gasteiger partial charge in [-0.15, -0.1) is 0 Å². The summed E-state index contributed by atoms with van der Waals surface area (Å²) in [6.07, 6.45) is 3.27. The second-order valence-corrected chi connectivity index (χ2v) is 9.68. The number of barbiturate groups is 1. The zero-order chi connectivity index (χ0) is 28.6. The molecule has 4 amide bonds. The number of imide groups is 2. The number of unbranched alkanes of at least 4 members (excludes halogenated alkanes) is 1. The van der Waals surface area contributed by atoms with Crippen molar-refractivity contribution < 1.29 is 28.6 Å². The van der Waals surface area contributed by atoms with Gasteiger partial charge in [0.2, 0.25) is 0 Å². The van der Waals surface area contributed by atoms with Gasteiger partial charge in [-0.1, -0.05) is 48.7 Å². The minimum Gasteiger partial charge on any atom is -0.494 e. The normalized spacial score (nSPS) is 14.3. The number of hydrogen-bond donors (Lipinski definition) is 1. The number of anilines is 1. The van der Waals surface area contributed by atoms with Crippen LogP contribution >= 0.6 is 23.2 Å². The molecule has 0 aliphatic carbocycles. The van der Waals surface area contributed by atoms with Crippen LogP contribution in [-0.4, -0.2) is 31.1 Å². The molecule has 0 unspecified atom stereocenters. The third-order valence-corrected chi connectivity index (χ3v) is 6.39. The summed E-state index contributed by atoms with van der Waals surface area (Å²) < 4.78 is 17.3. The molecule has 0 radical (unpaired) electrons. The molecule has 8 nitrogen and oxygen atoms in total. The molecule has 4 rings (SSSR count). The Morgan fingerprint density at radius 2 is 1.70 bits per heavy atom. The number of urea groups is 1. The molecule has 1 N–H and O–H groups in total. The van der Waals surface area contributed by atoms with E-state index in [1.165, 1.54) is 6.08 Å². The third kappa shape index (κ3) is 6.94. The van der Waals surface area contributed by atoms with Gasteiger partial charge in [0.1, 0.15) is 17.9 Å². The highest BCUT2D eigenvalue weighted by atomic mass is 35.5. The molecule has 0 saturated carbocycles. The molecule has 1 aliphatic rings. The summed E-state index contributed by atoms with van der Waals surface area (Å²) in [6, 6.07) is 16.1. The first-order valence-electron chi connectivity index (χ1n) is 12.8. The van der Waals surface area contributed by atoms with Gasteiger partial charge >= 0.3 is 6.03 Å². The fraction of sp³-hybridized carbons (Fsp3) is 0.233. The van der Waals surface area contributed by atoms with E-state index < -0.39 is 17.8 Å². The molecule has 3 aromatic rings. The van der Waals surface area contributed by atoms with E-state index in [0.29, 0.717) is 46.7 Å². The van der Waals surface area contributed by atoms with Crippen LogP contribution in [0.15, 0.2) is 66.2 Å². The van der Waals surface area contributed by atoms with Crippen molar-refractivity contribution in [3.05, 3.63) is 87.4 Å². The highest BCUT2D eigenvalue weighted by Gasteiger charge is 2.37. The van der Waals surface area contributed by atoms with E-state index in [0.717, 1.165) is 23.3 Å². The van der Waals surface area contributed by atoms with Gasteiger partial charge in [0.05, 0.1) is 23.9 Å². The number of carbonyl (C=O) groups is 3. The smallest absolute Gasteiger partial charge is 0.335 e. The van der Waals surface area contributed by atoms with E-state index in [1.54, 1.807) is 48.5 Å². The molecular formula is C30H28Cl2N2O6. The van der Waals surface area contributed by atoms with Gasteiger partial charge in [0.15, 0.2) is 11.5 Å². The van der Waals surface area contributed by atoms with Gasteiger partial charge in [-0.25, -0.2) is 9.69 Å². The lowest BCUT2D eigenvalue weighted by Crippen LogP contribution is -2.54. The largest absolute Gasteiger partial charge is 0.494 e. The average molecular weight is 583 g/mol. The predicted octanol–water partition coefficient (Wildman–Crippen LogP) is 6.82. The number of nitrogens with zero attached hydrogens (tertiary/aromatic N) is 1. The van der Waals surface area contributed by atoms with E-state index in [2.05, 4.69) is 12.2 Å². The van der Waals surface area contributed by atoms with Crippen LogP contribution in [0.2, 0.25) is 10.0 Å². The summed E-state index contributed by atoms with van der Waals surface area (Å²) >= 11 is 12.6. The molecular weight excluding hydrogens is 555 g/mol. The Bertz CT molecular complexity index is 1440. The Morgan fingerprint density at radius 1 is 0.925 bits per heavy atom. The van der Waals surface area contributed by atoms with Gasteiger partial charge in [0.25, 0.3) is 11.8 Å². The van der Waals surface area contributed by atoms with Crippen LogP contribution in [0.1, 0.15) is 37.8 Å². The number of benzene rings is 3. The number of carbonyl (C=O) groups excluding carboxylic acids is 3. The first kappa shape index (κ1) is 29.0. The summed E-state index contributed by atoms with van der Waals surface area (Å²) in [5.41, 5.74) is 1.30. The van der Waals surface area contributed by atoms with Crippen molar-refractivity contribution in [1.29, 1.82) is 0 Å². The SMILES string of the molecule is CCCCOc1ccc(N2C(=O)NC(=O)/C(=C/c3cc(Cl)c(OCc4cccc(Cl)c4)c(OCC)c3)C2=O)cc1. The Kier molecular flexibility index (Phi) is 9.69. The lowest BCUT2D eigenvalue weighted by atomic mass is 10.1. The summed E-state index contributed by atoms with van der Waals surface area (Å²) in [6.45, 7) is 4.96. The Balaban J connectivity index is 1.59. The number of nitrogens with one attached hydrogen (secondary N) is 1. The number of hydrogen-bond acceptors (Lipinski definition) is 6. The van der Waals surface area contributed by atoms with Crippen LogP contribution in [0.4, 0.5) is 10.5 Å². The van der Waals surface area contributed by atoms with E-state index in [4.69, 9.17) is 37.4 Å². The lowest BCUT2D eigenvalue weighted by Gasteiger charge is -2.26. The molecule has 10 heteroatoms. The molecule has 208 valence electrons. The maximum atomic E-state index is 13.3. The standard InChI is InChI=1S/C30H28Cl2N2O6/c1-3-5-13-39-23-11-9-22(10-12-23)34-29(36)24(28(35)33-30(34)37)15-20-16-25(32)27(26(17-20)38-4-2)40-18-19-7-6-8-21(31)14-19/h6-12,14-17H,3-5,13,18H2,1-2H3,(H,33,35,37)/b24-15-. The maximum Gasteiger partial charge on any atom is 0.335 e. The molecule has 1 fully saturated rings. The average Bonchev–Trinajstić information content (AvgIpc) is 2.92. The minimum atomic E-state index is -0.843. The first-order valence-corrected chi connectivity index (χ1v) is 13.5. The van der Waals surface area contributed by atoms with Crippen molar-refractivity contribution in [3.63, 3.8) is 0 Å². The quantitative estimate of drug-likeness (QED) is 0.151. The van der Waals surface area contributed by atoms with Gasteiger partial charge in [0, 0.05) is 5.02 Å². The highest BCUT2D eigenvalue weighted by molar-refractivity contribution is 6.39. The van der Waals surface area contributed by atoms with Crippen molar-refractivity contribution in [2.24, 2.45) is 0 Å². The van der Waals surface area contributed by atoms with Gasteiger partial charge in [-0.05, 0) is 79.1 Å². The number of halogens is 2.